The summed E-state index contributed by atoms with van der Waals surface area (Å²) >= 11 is 3.59. The van der Waals surface area contributed by atoms with E-state index in [-0.39, 0.29) is 0 Å². The van der Waals surface area contributed by atoms with E-state index in [0.29, 0.717) is 13.1 Å². The molecule has 0 aliphatic rings. The zero-order valence-electron chi connectivity index (χ0n) is 16.9. The molecular formula is C23H24BBrN2O2. The fourth-order valence-electron chi connectivity index (χ4n) is 3.78. The quantitative estimate of drug-likeness (QED) is 0.440. The molecule has 4 nitrogen and oxygen atoms in total. The topological polar surface area (TPSA) is 46.4 Å². The molecule has 0 radical (unpaired) electrons. The van der Waals surface area contributed by atoms with Crippen LogP contribution in [0.15, 0.2) is 65.1 Å². The van der Waals surface area contributed by atoms with Crippen molar-refractivity contribution in [2.45, 2.75) is 19.1 Å². The third-order valence-corrected chi connectivity index (χ3v) is 5.72. The number of aliphatic hydroxyl groups is 1. The fourth-order valence-corrected chi connectivity index (χ4v) is 4.14. The molecule has 0 fully saturated rings. The van der Waals surface area contributed by atoms with Gasteiger partial charge in [0.1, 0.15) is 13.6 Å². The predicted molar refractivity (Wildman–Crippen MR) is 127 cm³/mol. The highest BCUT2D eigenvalue weighted by molar-refractivity contribution is 9.10. The molecule has 3 aromatic carbocycles. The fraction of sp³-hybridized carbons (Fsp3) is 0.217. The van der Waals surface area contributed by atoms with E-state index < -0.39 is 5.60 Å². The largest absolute Gasteiger partial charge is 0.497 e. The van der Waals surface area contributed by atoms with E-state index >= 15 is 0 Å². The second-order valence-corrected chi connectivity index (χ2v) is 8.77. The van der Waals surface area contributed by atoms with Crippen LogP contribution in [0, 0.1) is 0 Å². The van der Waals surface area contributed by atoms with Gasteiger partial charge < -0.3 is 19.7 Å². The summed E-state index contributed by atoms with van der Waals surface area (Å²) in [6, 6.07) is 20.5. The van der Waals surface area contributed by atoms with Gasteiger partial charge in [-0.3, -0.25) is 0 Å². The van der Waals surface area contributed by atoms with E-state index in [1.165, 1.54) is 16.2 Å². The van der Waals surface area contributed by atoms with Crippen molar-refractivity contribution in [2.75, 3.05) is 19.0 Å². The molecule has 0 amide bonds. The number of rotatable bonds is 6. The zero-order valence-corrected chi connectivity index (χ0v) is 18.5. The molecule has 1 heterocycles. The maximum absolute atomic E-state index is 11.2. The molecule has 1 atom stereocenters. The molecule has 148 valence electrons. The summed E-state index contributed by atoms with van der Waals surface area (Å²) in [5.74, 6) is 0.790. The molecule has 4 aromatic rings. The van der Waals surface area contributed by atoms with Gasteiger partial charge in [0.15, 0.2) is 0 Å². The van der Waals surface area contributed by atoms with Crippen LogP contribution in [-0.4, -0.2) is 36.8 Å². The van der Waals surface area contributed by atoms with Gasteiger partial charge in [0.25, 0.3) is 0 Å². The second-order valence-electron chi connectivity index (χ2n) is 7.85. The number of methoxy groups -OCH3 is 1. The molecule has 0 bridgehead atoms. The SMILES string of the molecule is Bc1ccc2c(c1)c1cc(Br)ccc1n2CC(C)(O)CNc1cccc(OC)c1. The number of halogens is 1. The molecule has 29 heavy (non-hydrogen) atoms. The van der Waals surface area contributed by atoms with Gasteiger partial charge in [-0.05, 0) is 43.3 Å². The number of anilines is 1. The molecular weight excluding hydrogens is 427 g/mol. The van der Waals surface area contributed by atoms with Gasteiger partial charge in [0.05, 0.1) is 19.3 Å². The highest BCUT2D eigenvalue weighted by Crippen LogP contribution is 2.32. The van der Waals surface area contributed by atoms with Crippen molar-refractivity contribution in [1.29, 1.82) is 0 Å². The molecule has 1 aromatic heterocycles. The zero-order chi connectivity index (χ0) is 20.6. The minimum Gasteiger partial charge on any atom is -0.497 e. The maximum atomic E-state index is 11.2. The average Bonchev–Trinajstić information content (AvgIpc) is 2.98. The summed E-state index contributed by atoms with van der Waals surface area (Å²) in [5.41, 5.74) is 3.45. The van der Waals surface area contributed by atoms with Crippen molar-refractivity contribution in [2.24, 2.45) is 0 Å². The highest BCUT2D eigenvalue weighted by Gasteiger charge is 2.24. The molecule has 4 rings (SSSR count). The van der Waals surface area contributed by atoms with E-state index in [1.54, 1.807) is 7.11 Å². The minimum absolute atomic E-state index is 0.420. The molecule has 0 saturated heterocycles. The Morgan fingerprint density at radius 2 is 1.79 bits per heavy atom. The smallest absolute Gasteiger partial charge is 0.139 e. The Balaban J connectivity index is 1.66. The second kappa shape index (κ2) is 7.77. The normalized spacial score (nSPS) is 13.5. The van der Waals surface area contributed by atoms with Crippen LogP contribution in [0.3, 0.4) is 0 Å². The standard InChI is InChI=1S/C23H24BBrN2O2/c1-23(28,13-26-17-4-3-5-18(12-17)29-2)14-27-21-8-6-15(24)10-19(21)20-11-16(25)7-9-22(20)27/h3-12,26,28H,13-14,24H2,1-2H3. The van der Waals surface area contributed by atoms with Gasteiger partial charge >= 0.3 is 0 Å². The van der Waals surface area contributed by atoms with Gasteiger partial charge in [-0.25, -0.2) is 0 Å². The molecule has 0 spiro atoms. The van der Waals surface area contributed by atoms with E-state index in [1.807, 2.05) is 37.3 Å². The summed E-state index contributed by atoms with van der Waals surface area (Å²) in [5, 5.41) is 16.9. The summed E-state index contributed by atoms with van der Waals surface area (Å²) < 4.78 is 8.54. The summed E-state index contributed by atoms with van der Waals surface area (Å²) in [7, 11) is 3.76. The summed E-state index contributed by atoms with van der Waals surface area (Å²) in [6.07, 6.45) is 0. The highest BCUT2D eigenvalue weighted by atomic mass is 79.9. The molecule has 2 N–H and O–H groups in total. The summed E-state index contributed by atoms with van der Waals surface area (Å²) in [6.45, 7) is 2.77. The maximum Gasteiger partial charge on any atom is 0.139 e. The molecule has 1 unspecified atom stereocenters. The van der Waals surface area contributed by atoms with Gasteiger partial charge in [-0.15, -0.1) is 0 Å². The van der Waals surface area contributed by atoms with Crippen molar-refractivity contribution in [1.82, 2.24) is 4.57 Å². The van der Waals surface area contributed by atoms with Crippen LogP contribution in [0.2, 0.25) is 0 Å². The number of nitrogens with one attached hydrogen (secondary N) is 1. The number of nitrogens with zero attached hydrogens (tertiary/aromatic N) is 1. The summed E-state index contributed by atoms with van der Waals surface area (Å²) in [4.78, 5) is 0. The Kier molecular flexibility index (Phi) is 5.32. The van der Waals surface area contributed by atoms with E-state index in [4.69, 9.17) is 4.74 Å². The monoisotopic (exact) mass is 450 g/mol. The van der Waals surface area contributed by atoms with Crippen molar-refractivity contribution in [3.05, 3.63) is 65.1 Å². The Bertz CT molecular complexity index is 1130. The van der Waals surface area contributed by atoms with Crippen LogP contribution >= 0.6 is 15.9 Å². The molecule has 0 aliphatic heterocycles. The van der Waals surface area contributed by atoms with Crippen LogP contribution in [0.5, 0.6) is 5.75 Å². The first-order chi connectivity index (χ1) is 13.9. The number of ether oxygens (including phenoxy) is 1. The van der Waals surface area contributed by atoms with Crippen LogP contribution < -0.4 is 15.5 Å². The lowest BCUT2D eigenvalue weighted by Gasteiger charge is -2.26. The Morgan fingerprint density at radius 1 is 1.07 bits per heavy atom. The van der Waals surface area contributed by atoms with Gasteiger partial charge in [0, 0.05) is 44.6 Å². The number of fused-ring (bicyclic) bond motifs is 3. The van der Waals surface area contributed by atoms with Gasteiger partial charge in [-0.1, -0.05) is 39.6 Å². The van der Waals surface area contributed by atoms with Crippen LogP contribution in [-0.2, 0) is 6.54 Å². The third kappa shape index (κ3) is 4.14. The molecule has 0 saturated carbocycles. The Labute approximate surface area is 180 Å². The van der Waals surface area contributed by atoms with Crippen LogP contribution in [0.1, 0.15) is 6.92 Å². The predicted octanol–water partition coefficient (Wildman–Crippen LogP) is 3.69. The van der Waals surface area contributed by atoms with Gasteiger partial charge in [-0.2, -0.15) is 0 Å². The van der Waals surface area contributed by atoms with Crippen LogP contribution in [0.4, 0.5) is 5.69 Å². The van der Waals surface area contributed by atoms with Crippen molar-refractivity contribution in [3.8, 4) is 5.75 Å². The average molecular weight is 451 g/mol. The number of hydrogen-bond donors (Lipinski definition) is 2. The minimum atomic E-state index is -0.945. The molecule has 0 aliphatic carbocycles. The first-order valence-electron chi connectivity index (χ1n) is 9.65. The van der Waals surface area contributed by atoms with E-state index in [9.17, 15) is 5.11 Å². The van der Waals surface area contributed by atoms with Crippen molar-refractivity contribution < 1.29 is 9.84 Å². The Hall–Kier alpha value is -2.44. The first kappa shape index (κ1) is 19.9. The third-order valence-electron chi connectivity index (χ3n) is 5.22. The number of hydrogen-bond acceptors (Lipinski definition) is 3. The van der Waals surface area contributed by atoms with Crippen molar-refractivity contribution >= 4 is 56.7 Å². The number of aromatic nitrogens is 1. The van der Waals surface area contributed by atoms with Crippen LogP contribution in [0.25, 0.3) is 21.8 Å². The Morgan fingerprint density at radius 3 is 2.55 bits per heavy atom. The van der Waals surface area contributed by atoms with Gasteiger partial charge in [0.2, 0.25) is 0 Å². The lowest BCUT2D eigenvalue weighted by atomic mass is 9.94. The van der Waals surface area contributed by atoms with E-state index in [0.717, 1.165) is 26.9 Å². The first-order valence-corrected chi connectivity index (χ1v) is 10.4. The lowest BCUT2D eigenvalue weighted by Crippen LogP contribution is -2.38. The number of benzene rings is 3. The lowest BCUT2D eigenvalue weighted by molar-refractivity contribution is 0.0575. The molecule has 6 heteroatoms. The van der Waals surface area contributed by atoms with Crippen molar-refractivity contribution in [3.63, 3.8) is 0 Å². The van der Waals surface area contributed by atoms with E-state index in [2.05, 4.69) is 64.0 Å².